The van der Waals surface area contributed by atoms with Gasteiger partial charge in [0.05, 0.1) is 6.57 Å². The van der Waals surface area contributed by atoms with Gasteiger partial charge in [-0.25, -0.2) is 4.85 Å². The van der Waals surface area contributed by atoms with Crippen LogP contribution in [0.15, 0.2) is 140 Å². The van der Waals surface area contributed by atoms with Crippen molar-refractivity contribution >= 4 is 27.2 Å². The molecule has 0 fully saturated rings. The van der Waals surface area contributed by atoms with Crippen molar-refractivity contribution < 1.29 is 0 Å². The second-order valence-electron chi connectivity index (χ2n) is 10.3. The van der Waals surface area contributed by atoms with E-state index in [0.717, 1.165) is 11.1 Å². The number of fused-ring (bicyclic) bond motifs is 4. The predicted molar refractivity (Wildman–Crippen MR) is 168 cm³/mol. The van der Waals surface area contributed by atoms with Gasteiger partial charge in [0.1, 0.15) is 0 Å². The van der Waals surface area contributed by atoms with Gasteiger partial charge in [-0.05, 0) is 77.2 Å². The lowest BCUT2D eigenvalue weighted by Gasteiger charge is -2.20. The highest BCUT2D eigenvalue weighted by atomic mass is 14.6. The third kappa shape index (κ3) is 3.14. The Morgan fingerprint density at radius 3 is 1.45 bits per heavy atom. The summed E-state index contributed by atoms with van der Waals surface area (Å²) >= 11 is 0. The molecule has 0 saturated carbocycles. The number of nitrogens with zero attached hydrogens (tertiary/aromatic N) is 1. The number of hydrogen-bond donors (Lipinski definition) is 0. The van der Waals surface area contributed by atoms with Crippen molar-refractivity contribution in [2.24, 2.45) is 0 Å². The molecule has 1 aliphatic rings. The maximum Gasteiger partial charge on any atom is 0.194 e. The van der Waals surface area contributed by atoms with Gasteiger partial charge in [-0.15, -0.1) is 0 Å². The fourth-order valence-corrected chi connectivity index (χ4v) is 6.64. The maximum absolute atomic E-state index is 7.80. The van der Waals surface area contributed by atoms with Gasteiger partial charge >= 0.3 is 0 Å². The Hall–Kier alpha value is -5.45. The normalized spacial score (nSPS) is 11.5. The smallest absolute Gasteiger partial charge is 0.194 e. The van der Waals surface area contributed by atoms with E-state index < -0.39 is 0 Å². The van der Waals surface area contributed by atoms with Gasteiger partial charge in [0, 0.05) is 0 Å². The van der Waals surface area contributed by atoms with Crippen molar-refractivity contribution in [3.63, 3.8) is 0 Å². The summed E-state index contributed by atoms with van der Waals surface area (Å²) in [6.07, 6.45) is 0. The first-order chi connectivity index (χ1) is 19.8. The monoisotopic (exact) mass is 505 g/mol. The SMILES string of the molecule is [C-]#[N+]c1ccccc1-c1ccc2c3c(cccc13)-c1c-2c(-c2ccccc2)c2ccccc2c1-c1ccccc1. The third-order valence-corrected chi connectivity index (χ3v) is 8.23. The van der Waals surface area contributed by atoms with Crippen LogP contribution in [0.3, 0.4) is 0 Å². The molecule has 0 bridgehead atoms. The molecule has 8 rings (SSSR count). The number of benzene rings is 7. The van der Waals surface area contributed by atoms with Crippen LogP contribution in [-0.4, -0.2) is 0 Å². The van der Waals surface area contributed by atoms with E-state index in [1.54, 1.807) is 0 Å². The highest BCUT2D eigenvalue weighted by molar-refractivity contribution is 6.28. The molecule has 1 aliphatic carbocycles. The van der Waals surface area contributed by atoms with Gasteiger partial charge in [0.15, 0.2) is 5.69 Å². The van der Waals surface area contributed by atoms with Crippen LogP contribution in [0.2, 0.25) is 0 Å². The zero-order chi connectivity index (χ0) is 26.6. The van der Waals surface area contributed by atoms with Crippen molar-refractivity contribution in [3.05, 3.63) is 151 Å². The van der Waals surface area contributed by atoms with Gasteiger partial charge in [-0.1, -0.05) is 140 Å². The van der Waals surface area contributed by atoms with Gasteiger partial charge in [0.25, 0.3) is 0 Å². The Kier molecular flexibility index (Phi) is 4.96. The molecule has 0 unspecified atom stereocenters. The molecule has 7 aromatic rings. The lowest BCUT2D eigenvalue weighted by molar-refractivity contribution is 1.62. The highest BCUT2D eigenvalue weighted by Gasteiger charge is 2.31. The first kappa shape index (κ1) is 22.5. The van der Waals surface area contributed by atoms with Gasteiger partial charge in [-0.2, -0.15) is 0 Å². The van der Waals surface area contributed by atoms with Crippen molar-refractivity contribution in [1.82, 2.24) is 0 Å². The molecule has 40 heavy (non-hydrogen) atoms. The van der Waals surface area contributed by atoms with E-state index in [1.807, 2.05) is 18.2 Å². The Bertz CT molecular complexity index is 2060. The summed E-state index contributed by atoms with van der Waals surface area (Å²) in [4.78, 5) is 3.85. The first-order valence-corrected chi connectivity index (χ1v) is 13.6. The molecule has 0 amide bonds. The zero-order valence-electron chi connectivity index (χ0n) is 21.7. The average Bonchev–Trinajstić information content (AvgIpc) is 3.36. The fourth-order valence-electron chi connectivity index (χ4n) is 6.64. The number of hydrogen-bond acceptors (Lipinski definition) is 0. The Labute approximate surface area is 233 Å². The molecule has 0 N–H and O–H groups in total. The van der Waals surface area contributed by atoms with Crippen molar-refractivity contribution in [1.29, 1.82) is 0 Å². The van der Waals surface area contributed by atoms with Gasteiger partial charge in [-0.3, -0.25) is 0 Å². The molecule has 7 aromatic carbocycles. The van der Waals surface area contributed by atoms with E-state index in [4.69, 9.17) is 6.57 Å². The Balaban J connectivity index is 1.58. The topological polar surface area (TPSA) is 4.36 Å². The summed E-state index contributed by atoms with van der Waals surface area (Å²) in [6.45, 7) is 7.80. The van der Waals surface area contributed by atoms with E-state index in [0.29, 0.717) is 5.69 Å². The summed E-state index contributed by atoms with van der Waals surface area (Å²) in [6, 6.07) is 49.5. The van der Waals surface area contributed by atoms with E-state index in [-0.39, 0.29) is 0 Å². The zero-order valence-corrected chi connectivity index (χ0v) is 21.7. The van der Waals surface area contributed by atoms with E-state index >= 15 is 0 Å². The molecule has 1 nitrogen and oxygen atoms in total. The summed E-state index contributed by atoms with van der Waals surface area (Å²) in [5, 5.41) is 4.97. The van der Waals surface area contributed by atoms with Gasteiger partial charge < -0.3 is 0 Å². The molecule has 184 valence electrons. The molecular weight excluding hydrogens is 482 g/mol. The molecule has 0 heterocycles. The van der Waals surface area contributed by atoms with Crippen molar-refractivity contribution in [3.8, 4) is 55.6 Å². The predicted octanol–water partition coefficient (Wildman–Crippen LogP) is 11.2. The van der Waals surface area contributed by atoms with Crippen molar-refractivity contribution in [2.75, 3.05) is 0 Å². The second-order valence-corrected chi connectivity index (χ2v) is 10.3. The van der Waals surface area contributed by atoms with Crippen LogP contribution in [0.4, 0.5) is 5.69 Å². The molecule has 0 saturated heterocycles. The molecule has 1 heteroatoms. The van der Waals surface area contributed by atoms with Crippen LogP contribution >= 0.6 is 0 Å². The summed E-state index contributed by atoms with van der Waals surface area (Å²) in [7, 11) is 0. The third-order valence-electron chi connectivity index (χ3n) is 8.23. The first-order valence-electron chi connectivity index (χ1n) is 13.6. The molecule has 0 atom stereocenters. The van der Waals surface area contributed by atoms with Crippen molar-refractivity contribution in [2.45, 2.75) is 0 Å². The Morgan fingerprint density at radius 1 is 0.350 bits per heavy atom. The minimum absolute atomic E-state index is 0.680. The molecule has 0 aromatic heterocycles. The van der Waals surface area contributed by atoms with E-state index in [9.17, 15) is 0 Å². The number of rotatable bonds is 3. The van der Waals surface area contributed by atoms with Crippen LogP contribution in [0, 0.1) is 6.57 Å². The largest absolute Gasteiger partial charge is 0.238 e. The fraction of sp³-hybridized carbons (Fsp3) is 0. The molecule has 0 spiro atoms. The van der Waals surface area contributed by atoms with E-state index in [1.165, 1.54) is 66.1 Å². The lowest BCUT2D eigenvalue weighted by Crippen LogP contribution is -1.93. The minimum atomic E-state index is 0.680. The average molecular weight is 506 g/mol. The van der Waals surface area contributed by atoms with Crippen LogP contribution in [0.5, 0.6) is 0 Å². The lowest BCUT2D eigenvalue weighted by atomic mass is 9.82. The van der Waals surface area contributed by atoms with Crippen LogP contribution in [0.25, 0.3) is 82.0 Å². The van der Waals surface area contributed by atoms with Crippen LogP contribution < -0.4 is 0 Å². The number of para-hydroxylation sites is 1. The maximum atomic E-state index is 7.80. The van der Waals surface area contributed by atoms with Crippen LogP contribution in [-0.2, 0) is 0 Å². The standard InChI is InChI=1S/C39H23N/c1-40-34-22-11-10-17-28(34)27-23-24-33-37-29(27)20-12-21-32(37)38-35(25-13-4-2-5-14-25)30-18-8-9-19-31(30)36(39(33)38)26-15-6-3-7-16-26/h2-24H. The van der Waals surface area contributed by atoms with Gasteiger partial charge in [0.2, 0.25) is 0 Å². The summed E-state index contributed by atoms with van der Waals surface area (Å²) < 4.78 is 0. The molecule has 0 radical (unpaired) electrons. The van der Waals surface area contributed by atoms with E-state index in [2.05, 4.69) is 126 Å². The molecular formula is C39H23N. The summed E-state index contributed by atoms with van der Waals surface area (Å²) in [5.41, 5.74) is 12.9. The minimum Gasteiger partial charge on any atom is -0.238 e. The second kappa shape index (κ2) is 8.80. The van der Waals surface area contributed by atoms with Crippen LogP contribution in [0.1, 0.15) is 0 Å². The Morgan fingerprint density at radius 2 is 0.825 bits per heavy atom. The summed E-state index contributed by atoms with van der Waals surface area (Å²) in [5.74, 6) is 0. The molecule has 0 aliphatic heterocycles. The quantitative estimate of drug-likeness (QED) is 0.210. The highest BCUT2D eigenvalue weighted by Crippen LogP contribution is 2.58.